The van der Waals surface area contributed by atoms with Crippen molar-refractivity contribution in [1.82, 2.24) is 9.66 Å². The van der Waals surface area contributed by atoms with Gasteiger partial charge in [0.25, 0.3) is 5.56 Å². The third kappa shape index (κ3) is 2.08. The number of rotatable bonds is 1. The molecule has 5 heteroatoms. The predicted molar refractivity (Wildman–Crippen MR) is 69.5 cm³/mol. The quantitative estimate of drug-likeness (QED) is 0.767. The summed E-state index contributed by atoms with van der Waals surface area (Å²) in [5.74, 6) is 0.233. The maximum atomic E-state index is 11.8. The summed E-state index contributed by atoms with van der Waals surface area (Å²) >= 11 is 0. The molecule has 17 heavy (non-hydrogen) atoms. The van der Waals surface area contributed by atoms with E-state index in [2.05, 4.69) is 11.1 Å². The molecule has 0 aliphatic heterocycles. The van der Waals surface area contributed by atoms with Crippen LogP contribution in [-0.2, 0) is 6.42 Å². The van der Waals surface area contributed by atoms with Crippen molar-refractivity contribution in [2.75, 3.05) is 24.8 Å². The Hall–Kier alpha value is -2.04. The van der Waals surface area contributed by atoms with Gasteiger partial charge in [0.2, 0.25) is 5.95 Å². The van der Waals surface area contributed by atoms with Gasteiger partial charge in [-0.1, -0.05) is 18.2 Å². The van der Waals surface area contributed by atoms with Gasteiger partial charge in [0.05, 0.1) is 11.3 Å². The van der Waals surface area contributed by atoms with Crippen molar-refractivity contribution >= 4 is 12.0 Å². The Kier molecular flexibility index (Phi) is 2.99. The molecule has 1 heterocycles. The van der Waals surface area contributed by atoms with Crippen molar-refractivity contribution in [1.29, 1.82) is 0 Å². The molecular formula is C12H16N4O. The first kappa shape index (κ1) is 11.4. The lowest BCUT2D eigenvalue weighted by molar-refractivity contribution is 0.664. The Morgan fingerprint density at radius 3 is 2.88 bits per heavy atom. The minimum atomic E-state index is -0.262. The van der Waals surface area contributed by atoms with Crippen molar-refractivity contribution in [2.24, 2.45) is 0 Å². The van der Waals surface area contributed by atoms with Gasteiger partial charge in [-0.15, -0.1) is 0 Å². The third-order valence-electron chi connectivity index (χ3n) is 2.69. The first-order valence-electron chi connectivity index (χ1n) is 5.53. The average Bonchev–Trinajstić information content (AvgIpc) is 2.19. The van der Waals surface area contributed by atoms with Gasteiger partial charge in [0, 0.05) is 14.1 Å². The molecule has 5 nitrogen and oxygen atoms in total. The largest absolute Gasteiger partial charge is 0.368 e. The molecule has 0 unspecified atom stereocenters. The summed E-state index contributed by atoms with van der Waals surface area (Å²) < 4.78 is 1.78. The van der Waals surface area contributed by atoms with E-state index in [-0.39, 0.29) is 11.5 Å². The van der Waals surface area contributed by atoms with Gasteiger partial charge in [-0.2, -0.15) is 4.98 Å². The van der Waals surface area contributed by atoms with E-state index in [0.29, 0.717) is 5.56 Å². The number of hydrogen-bond acceptors (Lipinski definition) is 4. The molecule has 0 bridgehead atoms. The number of allylic oxidation sites excluding steroid dienone is 3. The predicted octanol–water partition coefficient (Wildman–Crippen LogP) is 0.539. The molecule has 2 rings (SSSR count). The van der Waals surface area contributed by atoms with E-state index in [0.717, 1.165) is 18.5 Å². The summed E-state index contributed by atoms with van der Waals surface area (Å²) in [4.78, 5) is 15.7. The second kappa shape index (κ2) is 4.45. The fourth-order valence-corrected chi connectivity index (χ4v) is 1.99. The molecule has 2 N–H and O–H groups in total. The SMILES string of the molecule is CN(C)n1c(N)nc(=O)c2c1CC/C=C\C=C2. The molecular weight excluding hydrogens is 216 g/mol. The summed E-state index contributed by atoms with van der Waals surface area (Å²) in [5.41, 5.74) is 7.08. The van der Waals surface area contributed by atoms with Gasteiger partial charge in [-0.25, -0.2) is 4.68 Å². The standard InChI is InChI=1S/C12H16N4O/c1-15(2)16-10-8-6-4-3-5-7-9(10)11(17)14-12(16)13/h3-5,7H,6,8H2,1-2H3,(H2,13,14,17)/b4-3-,7-5?. The number of fused-ring (bicyclic) bond motifs is 1. The lowest BCUT2D eigenvalue weighted by Gasteiger charge is -2.24. The van der Waals surface area contributed by atoms with Gasteiger partial charge in [-0.05, 0) is 18.9 Å². The van der Waals surface area contributed by atoms with Crippen LogP contribution in [-0.4, -0.2) is 23.8 Å². The van der Waals surface area contributed by atoms with Gasteiger partial charge >= 0.3 is 0 Å². The molecule has 0 saturated heterocycles. The Morgan fingerprint density at radius 2 is 2.18 bits per heavy atom. The highest BCUT2D eigenvalue weighted by atomic mass is 16.1. The first-order valence-corrected chi connectivity index (χ1v) is 5.53. The smallest absolute Gasteiger partial charge is 0.282 e. The molecule has 0 atom stereocenters. The molecule has 0 fully saturated rings. The van der Waals surface area contributed by atoms with Crippen LogP contribution < -0.4 is 16.3 Å². The van der Waals surface area contributed by atoms with E-state index in [1.807, 2.05) is 31.3 Å². The van der Waals surface area contributed by atoms with Crippen molar-refractivity contribution in [2.45, 2.75) is 12.8 Å². The fourth-order valence-electron chi connectivity index (χ4n) is 1.99. The Bertz CT molecular complexity index is 540. The topological polar surface area (TPSA) is 64.2 Å². The number of nitrogen functional groups attached to an aromatic ring is 1. The molecule has 1 aliphatic carbocycles. The van der Waals surface area contributed by atoms with E-state index in [4.69, 9.17) is 5.73 Å². The number of anilines is 1. The van der Waals surface area contributed by atoms with E-state index in [9.17, 15) is 4.79 Å². The van der Waals surface area contributed by atoms with Crippen LogP contribution in [0.3, 0.4) is 0 Å². The van der Waals surface area contributed by atoms with E-state index in [1.54, 1.807) is 10.8 Å². The van der Waals surface area contributed by atoms with Gasteiger partial charge in [0.15, 0.2) is 0 Å². The maximum Gasteiger partial charge on any atom is 0.282 e. The summed E-state index contributed by atoms with van der Waals surface area (Å²) in [7, 11) is 3.75. The van der Waals surface area contributed by atoms with Crippen molar-refractivity contribution in [3.63, 3.8) is 0 Å². The Balaban J connectivity index is 2.72. The van der Waals surface area contributed by atoms with Crippen molar-refractivity contribution in [3.05, 3.63) is 39.8 Å². The highest BCUT2D eigenvalue weighted by Gasteiger charge is 2.15. The van der Waals surface area contributed by atoms with Crippen LogP contribution in [0, 0.1) is 0 Å². The molecule has 1 aliphatic rings. The highest BCUT2D eigenvalue weighted by molar-refractivity contribution is 5.55. The summed E-state index contributed by atoms with van der Waals surface area (Å²) in [6.45, 7) is 0. The van der Waals surface area contributed by atoms with Gasteiger partial charge < -0.3 is 10.7 Å². The minimum Gasteiger partial charge on any atom is -0.368 e. The van der Waals surface area contributed by atoms with E-state index in [1.165, 1.54) is 0 Å². The second-order valence-corrected chi connectivity index (χ2v) is 4.12. The zero-order valence-electron chi connectivity index (χ0n) is 10.1. The second-order valence-electron chi connectivity index (χ2n) is 4.12. The summed E-state index contributed by atoms with van der Waals surface area (Å²) in [6.07, 6.45) is 9.32. The number of hydrogen-bond donors (Lipinski definition) is 1. The van der Waals surface area contributed by atoms with Crippen LogP contribution in [0.25, 0.3) is 6.08 Å². The number of nitrogens with zero attached hydrogens (tertiary/aromatic N) is 3. The lowest BCUT2D eigenvalue weighted by atomic mass is 10.1. The first-order chi connectivity index (χ1) is 8.11. The van der Waals surface area contributed by atoms with E-state index >= 15 is 0 Å². The molecule has 0 amide bonds. The zero-order valence-corrected chi connectivity index (χ0v) is 10.1. The van der Waals surface area contributed by atoms with Crippen LogP contribution >= 0.6 is 0 Å². The van der Waals surface area contributed by atoms with Crippen molar-refractivity contribution in [3.8, 4) is 0 Å². The van der Waals surface area contributed by atoms with Crippen LogP contribution in [0.2, 0.25) is 0 Å². The normalized spacial score (nSPS) is 15.9. The lowest BCUT2D eigenvalue weighted by Crippen LogP contribution is -2.35. The molecule has 0 radical (unpaired) electrons. The van der Waals surface area contributed by atoms with Crippen molar-refractivity contribution < 1.29 is 0 Å². The number of aromatic nitrogens is 2. The van der Waals surface area contributed by atoms with Crippen LogP contribution in [0.5, 0.6) is 0 Å². The fraction of sp³-hybridized carbons (Fsp3) is 0.333. The molecule has 1 aromatic rings. The van der Waals surface area contributed by atoms with E-state index < -0.39 is 0 Å². The molecule has 0 saturated carbocycles. The van der Waals surface area contributed by atoms with Crippen LogP contribution in [0.4, 0.5) is 5.95 Å². The highest BCUT2D eigenvalue weighted by Crippen LogP contribution is 2.14. The molecule has 0 spiro atoms. The van der Waals surface area contributed by atoms with Gasteiger partial charge in [0.1, 0.15) is 0 Å². The Labute approximate surface area is 99.8 Å². The summed E-state index contributed by atoms with van der Waals surface area (Å²) in [6, 6.07) is 0. The van der Waals surface area contributed by atoms with Crippen LogP contribution in [0.15, 0.2) is 23.0 Å². The summed E-state index contributed by atoms with van der Waals surface area (Å²) in [5, 5.41) is 1.83. The van der Waals surface area contributed by atoms with Gasteiger partial charge in [-0.3, -0.25) is 4.79 Å². The molecule has 0 aromatic carbocycles. The molecule has 1 aromatic heterocycles. The van der Waals surface area contributed by atoms with Crippen LogP contribution in [0.1, 0.15) is 17.7 Å². The zero-order chi connectivity index (χ0) is 12.4. The minimum absolute atomic E-state index is 0.233. The molecule has 90 valence electrons. The maximum absolute atomic E-state index is 11.8. The monoisotopic (exact) mass is 232 g/mol. The number of nitrogens with two attached hydrogens (primary N) is 1. The third-order valence-corrected chi connectivity index (χ3v) is 2.69. The Morgan fingerprint density at radius 1 is 1.41 bits per heavy atom. The average molecular weight is 232 g/mol.